The van der Waals surface area contributed by atoms with Crippen molar-refractivity contribution in [2.24, 2.45) is 5.73 Å². The Kier molecular flexibility index (Phi) is 6.21. The Hall–Kier alpha value is -0.220. The molecule has 1 aliphatic heterocycles. The molecule has 1 aliphatic rings. The molecule has 1 unspecified atom stereocenters. The molecule has 2 nitrogen and oxygen atoms in total. The lowest BCUT2D eigenvalue weighted by molar-refractivity contribution is 0.357. The van der Waals surface area contributed by atoms with E-state index in [1.807, 2.05) is 11.8 Å². The van der Waals surface area contributed by atoms with Gasteiger partial charge in [0.2, 0.25) is 0 Å². The van der Waals surface area contributed by atoms with Crippen LogP contribution in [-0.4, -0.2) is 36.3 Å². The molecule has 0 saturated carbocycles. The van der Waals surface area contributed by atoms with Crippen molar-refractivity contribution in [3.63, 3.8) is 0 Å². The van der Waals surface area contributed by atoms with Gasteiger partial charge >= 0.3 is 0 Å². The third kappa shape index (κ3) is 4.34. The number of nitrogens with two attached hydrogens (primary N) is 1. The van der Waals surface area contributed by atoms with Crippen LogP contribution in [0.25, 0.3) is 0 Å². The van der Waals surface area contributed by atoms with Gasteiger partial charge in [0.1, 0.15) is 0 Å². The van der Waals surface area contributed by atoms with Crippen molar-refractivity contribution in [3.05, 3.63) is 30.3 Å². The summed E-state index contributed by atoms with van der Waals surface area (Å²) in [6.45, 7) is 3.42. The summed E-state index contributed by atoms with van der Waals surface area (Å²) in [6, 6.07) is 11.0. The van der Waals surface area contributed by atoms with Crippen molar-refractivity contribution in [1.82, 2.24) is 4.90 Å². The largest absolute Gasteiger partial charge is 0.326 e. The van der Waals surface area contributed by atoms with Gasteiger partial charge < -0.3 is 10.6 Å². The summed E-state index contributed by atoms with van der Waals surface area (Å²) < 4.78 is 0. The normalized spacial score (nSPS) is 20.7. The van der Waals surface area contributed by atoms with Crippen LogP contribution in [0.2, 0.25) is 0 Å². The third-order valence-electron chi connectivity index (χ3n) is 2.73. The predicted octanol–water partition coefficient (Wildman–Crippen LogP) is 2.23. The van der Waals surface area contributed by atoms with Gasteiger partial charge in [-0.1, -0.05) is 18.2 Å². The highest BCUT2D eigenvalue weighted by Crippen LogP contribution is 2.17. The van der Waals surface area contributed by atoms with Crippen LogP contribution in [0.1, 0.15) is 6.42 Å². The Labute approximate surface area is 108 Å². The number of halogens is 1. The molecule has 1 aromatic rings. The van der Waals surface area contributed by atoms with Crippen molar-refractivity contribution in [3.8, 4) is 0 Å². The summed E-state index contributed by atoms with van der Waals surface area (Å²) in [5.41, 5.74) is 5.86. The van der Waals surface area contributed by atoms with Crippen LogP contribution in [0.3, 0.4) is 0 Å². The lowest BCUT2D eigenvalue weighted by atomic mass is 10.3. The molecule has 0 amide bonds. The number of rotatable bonds is 4. The molecule has 2 N–H and O–H groups in total. The highest BCUT2D eigenvalue weighted by atomic mass is 35.5. The van der Waals surface area contributed by atoms with E-state index in [2.05, 4.69) is 35.2 Å². The summed E-state index contributed by atoms with van der Waals surface area (Å²) in [5.74, 6) is 1.16. The van der Waals surface area contributed by atoms with Gasteiger partial charge in [-0.2, -0.15) is 0 Å². The van der Waals surface area contributed by atoms with E-state index in [1.165, 1.54) is 11.4 Å². The number of hydrogen-bond donors (Lipinski definition) is 1. The molecule has 1 heterocycles. The lowest BCUT2D eigenvalue weighted by Gasteiger charge is -2.14. The monoisotopic (exact) mass is 258 g/mol. The van der Waals surface area contributed by atoms with Crippen molar-refractivity contribution in [1.29, 1.82) is 0 Å². The van der Waals surface area contributed by atoms with Gasteiger partial charge in [-0.15, -0.1) is 24.2 Å². The summed E-state index contributed by atoms with van der Waals surface area (Å²) in [5, 5.41) is 0. The zero-order valence-electron chi connectivity index (χ0n) is 9.34. The first-order valence-corrected chi connectivity index (χ1v) is 6.49. The maximum absolute atomic E-state index is 5.86. The number of thioether (sulfide) groups is 1. The molecule has 1 aromatic carbocycles. The molecule has 0 radical (unpaired) electrons. The van der Waals surface area contributed by atoms with Crippen LogP contribution in [0, 0.1) is 0 Å². The van der Waals surface area contributed by atoms with E-state index in [1.54, 1.807) is 0 Å². The van der Waals surface area contributed by atoms with Crippen LogP contribution >= 0.6 is 24.2 Å². The fourth-order valence-corrected chi connectivity index (χ4v) is 2.81. The minimum Gasteiger partial charge on any atom is -0.326 e. The SMILES string of the molecule is Cl.NC1CCN(CCSc2ccccc2)C1. The molecular formula is C12H19ClN2S. The van der Waals surface area contributed by atoms with Crippen molar-refractivity contribution in [2.75, 3.05) is 25.4 Å². The number of hydrogen-bond acceptors (Lipinski definition) is 3. The van der Waals surface area contributed by atoms with Gasteiger partial charge in [-0.25, -0.2) is 0 Å². The predicted molar refractivity (Wildman–Crippen MR) is 73.4 cm³/mol. The third-order valence-corrected chi connectivity index (χ3v) is 3.72. The van der Waals surface area contributed by atoms with Crippen LogP contribution < -0.4 is 5.73 Å². The van der Waals surface area contributed by atoms with Crippen LogP contribution in [0.5, 0.6) is 0 Å². The van der Waals surface area contributed by atoms with E-state index in [-0.39, 0.29) is 12.4 Å². The van der Waals surface area contributed by atoms with Crippen molar-refractivity contribution >= 4 is 24.2 Å². The number of benzene rings is 1. The molecule has 0 aromatic heterocycles. The first kappa shape index (κ1) is 13.8. The summed E-state index contributed by atoms with van der Waals surface area (Å²) >= 11 is 1.93. The Morgan fingerprint density at radius 1 is 1.31 bits per heavy atom. The second kappa shape index (κ2) is 7.17. The van der Waals surface area contributed by atoms with Gasteiger partial charge in [0.05, 0.1) is 0 Å². The fourth-order valence-electron chi connectivity index (χ4n) is 1.88. The Balaban J connectivity index is 0.00000128. The van der Waals surface area contributed by atoms with E-state index in [4.69, 9.17) is 5.73 Å². The topological polar surface area (TPSA) is 29.3 Å². The molecule has 0 spiro atoms. The maximum Gasteiger partial charge on any atom is 0.0180 e. The van der Waals surface area contributed by atoms with Gasteiger partial charge in [0, 0.05) is 29.8 Å². The molecule has 0 bridgehead atoms. The lowest BCUT2D eigenvalue weighted by Crippen LogP contribution is -2.28. The maximum atomic E-state index is 5.86. The zero-order chi connectivity index (χ0) is 10.5. The minimum atomic E-state index is 0. The quantitative estimate of drug-likeness (QED) is 0.840. The van der Waals surface area contributed by atoms with E-state index in [0.717, 1.165) is 25.3 Å². The Morgan fingerprint density at radius 3 is 2.69 bits per heavy atom. The Bertz CT molecular complexity index is 294. The van der Waals surface area contributed by atoms with Gasteiger partial charge in [0.15, 0.2) is 0 Å². The van der Waals surface area contributed by atoms with Gasteiger partial charge in [-0.3, -0.25) is 0 Å². The van der Waals surface area contributed by atoms with Crippen molar-refractivity contribution in [2.45, 2.75) is 17.4 Å². The first-order chi connectivity index (χ1) is 7.34. The number of nitrogens with zero attached hydrogens (tertiary/aromatic N) is 1. The smallest absolute Gasteiger partial charge is 0.0180 e. The summed E-state index contributed by atoms with van der Waals surface area (Å²) in [6.07, 6.45) is 1.16. The highest BCUT2D eigenvalue weighted by Gasteiger charge is 2.17. The molecular weight excluding hydrogens is 240 g/mol. The summed E-state index contributed by atoms with van der Waals surface area (Å²) in [7, 11) is 0. The highest BCUT2D eigenvalue weighted by molar-refractivity contribution is 7.99. The van der Waals surface area contributed by atoms with E-state index < -0.39 is 0 Å². The summed E-state index contributed by atoms with van der Waals surface area (Å²) in [4.78, 5) is 3.82. The molecule has 1 fully saturated rings. The molecule has 0 aliphatic carbocycles. The number of likely N-dealkylation sites (tertiary alicyclic amines) is 1. The van der Waals surface area contributed by atoms with Gasteiger partial charge in [-0.05, 0) is 25.1 Å². The molecule has 16 heavy (non-hydrogen) atoms. The van der Waals surface area contributed by atoms with E-state index in [0.29, 0.717) is 6.04 Å². The van der Waals surface area contributed by atoms with Crippen LogP contribution in [-0.2, 0) is 0 Å². The zero-order valence-corrected chi connectivity index (χ0v) is 11.0. The van der Waals surface area contributed by atoms with Crippen molar-refractivity contribution < 1.29 is 0 Å². The molecule has 1 saturated heterocycles. The molecule has 1 atom stereocenters. The Morgan fingerprint density at radius 2 is 2.06 bits per heavy atom. The van der Waals surface area contributed by atoms with E-state index >= 15 is 0 Å². The second-order valence-electron chi connectivity index (χ2n) is 4.01. The van der Waals surface area contributed by atoms with Gasteiger partial charge in [0.25, 0.3) is 0 Å². The van der Waals surface area contributed by atoms with Crippen LogP contribution in [0.4, 0.5) is 0 Å². The average molecular weight is 259 g/mol. The second-order valence-corrected chi connectivity index (χ2v) is 5.18. The first-order valence-electron chi connectivity index (χ1n) is 5.50. The standard InChI is InChI=1S/C12H18N2S.ClH/c13-11-6-7-14(10-11)8-9-15-12-4-2-1-3-5-12;/h1-5,11H,6-10,13H2;1H. The fraction of sp³-hybridized carbons (Fsp3) is 0.500. The minimum absolute atomic E-state index is 0. The molecule has 90 valence electrons. The van der Waals surface area contributed by atoms with E-state index in [9.17, 15) is 0 Å². The van der Waals surface area contributed by atoms with Crippen LogP contribution in [0.15, 0.2) is 35.2 Å². The average Bonchev–Trinajstić information content (AvgIpc) is 2.66. The molecule has 2 rings (SSSR count). The molecule has 4 heteroatoms.